The zero-order valence-electron chi connectivity index (χ0n) is 9.49. The molecule has 0 amide bonds. The van der Waals surface area contributed by atoms with Crippen LogP contribution in [0.4, 0.5) is 0 Å². The molecular weight excluding hydrogens is 204 g/mol. The molecule has 0 N–H and O–H groups in total. The van der Waals surface area contributed by atoms with Gasteiger partial charge < -0.3 is 14.3 Å². The molecule has 3 heteroatoms. The first kappa shape index (κ1) is 11.0. The van der Waals surface area contributed by atoms with Gasteiger partial charge in [-0.2, -0.15) is 0 Å². The van der Waals surface area contributed by atoms with Gasteiger partial charge in [0, 0.05) is 12.0 Å². The van der Waals surface area contributed by atoms with Gasteiger partial charge in [0.2, 0.25) is 0 Å². The Balaban J connectivity index is 2.35. The minimum absolute atomic E-state index is 0.562. The van der Waals surface area contributed by atoms with Gasteiger partial charge in [-0.15, -0.1) is 0 Å². The number of rotatable bonds is 4. The molecular formula is C13H16O3. The average Bonchev–Trinajstić information content (AvgIpc) is 2.35. The van der Waals surface area contributed by atoms with Gasteiger partial charge in [0.15, 0.2) is 11.5 Å². The first-order chi connectivity index (χ1) is 7.86. The molecule has 2 rings (SSSR count). The number of carbonyl (C=O) groups is 1. The van der Waals surface area contributed by atoms with Gasteiger partial charge in [0.25, 0.3) is 0 Å². The molecule has 1 aliphatic rings. The Morgan fingerprint density at radius 2 is 2.12 bits per heavy atom. The zero-order valence-corrected chi connectivity index (χ0v) is 9.49. The fraction of sp³-hybridized carbons (Fsp3) is 0.462. The summed E-state index contributed by atoms with van der Waals surface area (Å²) < 4.78 is 11.2. The molecule has 0 aliphatic carbocycles. The maximum Gasteiger partial charge on any atom is 0.164 e. The lowest BCUT2D eigenvalue weighted by Gasteiger charge is -2.22. The topological polar surface area (TPSA) is 35.5 Å². The van der Waals surface area contributed by atoms with Crippen molar-refractivity contribution >= 4 is 6.29 Å². The van der Waals surface area contributed by atoms with Crippen molar-refractivity contribution in [2.75, 3.05) is 13.2 Å². The highest BCUT2D eigenvalue weighted by molar-refractivity contribution is 5.54. The normalized spacial score (nSPS) is 13.6. The van der Waals surface area contributed by atoms with Crippen LogP contribution in [0.25, 0.3) is 0 Å². The molecule has 3 nitrogen and oxygen atoms in total. The molecule has 0 radical (unpaired) electrons. The summed E-state index contributed by atoms with van der Waals surface area (Å²) in [5.41, 5.74) is 2.37. The molecule has 1 aliphatic heterocycles. The summed E-state index contributed by atoms with van der Waals surface area (Å²) in [6.45, 7) is 3.32. The lowest BCUT2D eigenvalue weighted by molar-refractivity contribution is -0.107. The maximum atomic E-state index is 10.4. The van der Waals surface area contributed by atoms with Crippen LogP contribution in [0.5, 0.6) is 11.5 Å². The van der Waals surface area contributed by atoms with Crippen LogP contribution in [0.3, 0.4) is 0 Å². The van der Waals surface area contributed by atoms with Gasteiger partial charge >= 0.3 is 0 Å². The van der Waals surface area contributed by atoms with E-state index in [9.17, 15) is 4.79 Å². The van der Waals surface area contributed by atoms with E-state index in [1.807, 2.05) is 12.1 Å². The van der Waals surface area contributed by atoms with Crippen molar-refractivity contribution in [1.29, 1.82) is 0 Å². The summed E-state index contributed by atoms with van der Waals surface area (Å²) in [6, 6.07) is 3.98. The van der Waals surface area contributed by atoms with Crippen molar-refractivity contribution in [3.63, 3.8) is 0 Å². The third kappa shape index (κ3) is 2.03. The second kappa shape index (κ2) is 5.01. The molecule has 0 saturated heterocycles. The molecule has 0 saturated carbocycles. The van der Waals surface area contributed by atoms with Gasteiger partial charge in [-0.05, 0) is 24.5 Å². The Bertz CT molecular complexity index is 385. The van der Waals surface area contributed by atoms with Crippen LogP contribution in [0, 0.1) is 0 Å². The SMILES string of the molecule is CCc1c(CCC=O)ccc2c1OCCO2. The van der Waals surface area contributed by atoms with Gasteiger partial charge in [-0.1, -0.05) is 13.0 Å². The summed E-state index contributed by atoms with van der Waals surface area (Å²) in [7, 11) is 0. The molecule has 86 valence electrons. The molecule has 0 bridgehead atoms. The quantitative estimate of drug-likeness (QED) is 0.729. The summed E-state index contributed by atoms with van der Waals surface area (Å²) in [5.74, 6) is 1.70. The predicted molar refractivity (Wildman–Crippen MR) is 61.2 cm³/mol. The van der Waals surface area contributed by atoms with E-state index in [-0.39, 0.29) is 0 Å². The number of carbonyl (C=O) groups excluding carboxylic acids is 1. The first-order valence-corrected chi connectivity index (χ1v) is 5.70. The van der Waals surface area contributed by atoms with E-state index in [1.54, 1.807) is 0 Å². The van der Waals surface area contributed by atoms with Crippen molar-refractivity contribution in [3.8, 4) is 11.5 Å². The molecule has 1 aromatic carbocycles. The Morgan fingerprint density at radius 3 is 2.88 bits per heavy atom. The van der Waals surface area contributed by atoms with Gasteiger partial charge in [-0.25, -0.2) is 0 Å². The van der Waals surface area contributed by atoms with Crippen molar-refractivity contribution in [1.82, 2.24) is 0 Å². The molecule has 0 spiro atoms. The van der Waals surface area contributed by atoms with E-state index >= 15 is 0 Å². The highest BCUT2D eigenvalue weighted by Crippen LogP contribution is 2.36. The van der Waals surface area contributed by atoms with Crippen LogP contribution >= 0.6 is 0 Å². The van der Waals surface area contributed by atoms with Crippen LogP contribution in [0.15, 0.2) is 12.1 Å². The fourth-order valence-electron chi connectivity index (χ4n) is 2.05. The molecule has 0 atom stereocenters. The smallest absolute Gasteiger partial charge is 0.164 e. The van der Waals surface area contributed by atoms with Crippen LogP contribution in [0.2, 0.25) is 0 Å². The molecule has 1 aromatic rings. The number of hydrogen-bond donors (Lipinski definition) is 0. The third-order valence-corrected chi connectivity index (χ3v) is 2.79. The molecule has 16 heavy (non-hydrogen) atoms. The van der Waals surface area contributed by atoms with E-state index in [4.69, 9.17) is 9.47 Å². The van der Waals surface area contributed by atoms with Crippen LogP contribution in [-0.4, -0.2) is 19.5 Å². The Kier molecular flexibility index (Phi) is 3.44. The summed E-state index contributed by atoms with van der Waals surface area (Å²) in [5, 5.41) is 0. The van der Waals surface area contributed by atoms with E-state index in [0.717, 1.165) is 30.6 Å². The second-order valence-corrected chi connectivity index (χ2v) is 3.79. The van der Waals surface area contributed by atoms with E-state index in [1.165, 1.54) is 11.1 Å². The van der Waals surface area contributed by atoms with Gasteiger partial charge in [-0.3, -0.25) is 0 Å². The number of aldehydes is 1. The number of benzene rings is 1. The molecule has 0 aromatic heterocycles. The van der Waals surface area contributed by atoms with Gasteiger partial charge in [0.1, 0.15) is 19.5 Å². The number of hydrogen-bond acceptors (Lipinski definition) is 3. The number of fused-ring (bicyclic) bond motifs is 1. The standard InChI is InChI=1S/C13H16O3/c1-2-11-10(4-3-7-14)5-6-12-13(11)16-9-8-15-12/h5-7H,2-4,8-9H2,1H3. The number of ether oxygens (including phenoxy) is 2. The van der Waals surface area contributed by atoms with E-state index < -0.39 is 0 Å². The van der Waals surface area contributed by atoms with Gasteiger partial charge in [0.05, 0.1) is 0 Å². The Hall–Kier alpha value is -1.51. The highest BCUT2D eigenvalue weighted by atomic mass is 16.6. The molecule has 1 heterocycles. The van der Waals surface area contributed by atoms with E-state index in [2.05, 4.69) is 6.92 Å². The molecule has 0 fully saturated rings. The monoisotopic (exact) mass is 220 g/mol. The summed E-state index contributed by atoms with van der Waals surface area (Å²) in [6.07, 6.45) is 3.20. The Labute approximate surface area is 95.4 Å². The van der Waals surface area contributed by atoms with Crippen LogP contribution < -0.4 is 9.47 Å². The van der Waals surface area contributed by atoms with Crippen LogP contribution in [0.1, 0.15) is 24.5 Å². The lowest BCUT2D eigenvalue weighted by atomic mass is 9.99. The third-order valence-electron chi connectivity index (χ3n) is 2.79. The maximum absolute atomic E-state index is 10.4. The fourth-order valence-corrected chi connectivity index (χ4v) is 2.05. The van der Waals surface area contributed by atoms with Crippen molar-refractivity contribution in [3.05, 3.63) is 23.3 Å². The second-order valence-electron chi connectivity index (χ2n) is 3.79. The largest absolute Gasteiger partial charge is 0.486 e. The minimum Gasteiger partial charge on any atom is -0.486 e. The van der Waals surface area contributed by atoms with Crippen molar-refractivity contribution in [2.24, 2.45) is 0 Å². The summed E-state index contributed by atoms with van der Waals surface area (Å²) >= 11 is 0. The predicted octanol–water partition coefficient (Wildman–Crippen LogP) is 2.15. The zero-order chi connectivity index (χ0) is 11.4. The first-order valence-electron chi connectivity index (χ1n) is 5.70. The van der Waals surface area contributed by atoms with E-state index in [0.29, 0.717) is 19.6 Å². The lowest BCUT2D eigenvalue weighted by Crippen LogP contribution is -2.17. The van der Waals surface area contributed by atoms with Crippen molar-refractivity contribution in [2.45, 2.75) is 26.2 Å². The Morgan fingerprint density at radius 1 is 1.31 bits per heavy atom. The van der Waals surface area contributed by atoms with Crippen LogP contribution in [-0.2, 0) is 17.6 Å². The average molecular weight is 220 g/mol. The summed E-state index contributed by atoms with van der Waals surface area (Å²) in [4.78, 5) is 10.4. The minimum atomic E-state index is 0.562. The molecule has 0 unspecified atom stereocenters. The highest BCUT2D eigenvalue weighted by Gasteiger charge is 2.17. The number of aryl methyl sites for hydroxylation is 1. The van der Waals surface area contributed by atoms with Crippen molar-refractivity contribution < 1.29 is 14.3 Å².